The van der Waals surface area contributed by atoms with Crippen LogP contribution in [0.5, 0.6) is 0 Å². The van der Waals surface area contributed by atoms with Crippen molar-refractivity contribution in [3.05, 3.63) is 21.7 Å². The zero-order valence-electron chi connectivity index (χ0n) is 9.71. The lowest BCUT2D eigenvalue weighted by Crippen LogP contribution is -2.27. The number of nitrogens with two attached hydrogens (primary N) is 1. The van der Waals surface area contributed by atoms with Gasteiger partial charge in [-0.25, -0.2) is 18.6 Å². The Balaban J connectivity index is 3.34. The molecule has 0 aliphatic carbocycles. The van der Waals surface area contributed by atoms with E-state index < -0.39 is 40.9 Å². The molecule has 19 heavy (non-hydrogen) atoms. The Morgan fingerprint density at radius 3 is 2.68 bits per heavy atom. The second-order valence-corrected chi connectivity index (χ2v) is 3.60. The summed E-state index contributed by atoms with van der Waals surface area (Å²) in [6.07, 6.45) is -2.72. The molecule has 0 aliphatic rings. The van der Waals surface area contributed by atoms with Gasteiger partial charge in [-0.1, -0.05) is 0 Å². The summed E-state index contributed by atoms with van der Waals surface area (Å²) < 4.78 is 24.5. The van der Waals surface area contributed by atoms with Gasteiger partial charge in [0.2, 0.25) is 5.82 Å². The largest absolute Gasteiger partial charge is 0.478 e. The fourth-order valence-electron chi connectivity index (χ4n) is 1.39. The van der Waals surface area contributed by atoms with Crippen molar-refractivity contribution < 1.29 is 23.6 Å². The number of pyridine rings is 1. The number of anilines is 2. The monoisotopic (exact) mass is 276 g/mol. The molecule has 0 aromatic carbocycles. The predicted octanol–water partition coefficient (Wildman–Crippen LogP) is 0.971. The molecule has 10 heteroatoms. The fourth-order valence-corrected chi connectivity index (χ4v) is 1.39. The average molecular weight is 276 g/mol. The van der Waals surface area contributed by atoms with Gasteiger partial charge in [0, 0.05) is 13.1 Å². The van der Waals surface area contributed by atoms with Crippen LogP contribution < -0.4 is 10.6 Å². The minimum Gasteiger partial charge on any atom is -0.478 e. The molecule has 0 atom stereocenters. The molecule has 0 amide bonds. The maximum absolute atomic E-state index is 12.3. The van der Waals surface area contributed by atoms with Crippen molar-refractivity contribution in [2.75, 3.05) is 24.2 Å². The van der Waals surface area contributed by atoms with Gasteiger partial charge in [0.1, 0.15) is 11.4 Å². The molecule has 8 nitrogen and oxygen atoms in total. The number of hydrogen-bond acceptors (Lipinski definition) is 6. The van der Waals surface area contributed by atoms with E-state index in [4.69, 9.17) is 10.8 Å². The number of carboxylic acid groups (broad SMARTS) is 1. The van der Waals surface area contributed by atoms with E-state index >= 15 is 0 Å². The molecule has 0 bridgehead atoms. The van der Waals surface area contributed by atoms with E-state index in [1.165, 1.54) is 7.05 Å². The Morgan fingerprint density at radius 2 is 2.26 bits per heavy atom. The summed E-state index contributed by atoms with van der Waals surface area (Å²) in [6.45, 7) is -0.773. The third-order valence-electron chi connectivity index (χ3n) is 2.21. The summed E-state index contributed by atoms with van der Waals surface area (Å²) in [5, 5.41) is 19.5. The molecule has 1 rings (SSSR count). The van der Waals surface area contributed by atoms with Crippen LogP contribution in [-0.4, -0.2) is 41.0 Å². The van der Waals surface area contributed by atoms with Gasteiger partial charge in [-0.15, -0.1) is 0 Å². The highest BCUT2D eigenvalue weighted by atomic mass is 19.3. The van der Waals surface area contributed by atoms with E-state index in [1.807, 2.05) is 0 Å². The molecular weight excluding hydrogens is 266 g/mol. The van der Waals surface area contributed by atoms with E-state index in [-0.39, 0.29) is 5.82 Å². The highest BCUT2D eigenvalue weighted by molar-refractivity contribution is 5.95. The molecule has 0 unspecified atom stereocenters. The van der Waals surface area contributed by atoms with Crippen molar-refractivity contribution in [3.63, 3.8) is 0 Å². The predicted molar refractivity (Wildman–Crippen MR) is 61.5 cm³/mol. The number of nitrogens with zero attached hydrogens (tertiary/aromatic N) is 3. The SMILES string of the molecule is CN(CC(F)F)c1nc(N)c([N+](=O)[O-])cc1C(=O)O. The summed E-state index contributed by atoms with van der Waals surface area (Å²) in [6, 6.07) is 0.696. The number of nitro groups is 1. The van der Waals surface area contributed by atoms with Crippen LogP contribution in [0, 0.1) is 10.1 Å². The lowest BCUT2D eigenvalue weighted by Gasteiger charge is -2.19. The Kier molecular flexibility index (Phi) is 4.14. The normalized spacial score (nSPS) is 10.5. The van der Waals surface area contributed by atoms with Crippen molar-refractivity contribution in [3.8, 4) is 0 Å². The number of alkyl halides is 2. The number of halogens is 2. The van der Waals surface area contributed by atoms with Crippen molar-refractivity contribution >= 4 is 23.3 Å². The number of rotatable bonds is 5. The molecule has 0 spiro atoms. The third-order valence-corrected chi connectivity index (χ3v) is 2.21. The van der Waals surface area contributed by atoms with Crippen LogP contribution in [0.1, 0.15) is 10.4 Å². The fraction of sp³-hybridized carbons (Fsp3) is 0.333. The van der Waals surface area contributed by atoms with Crippen LogP contribution in [0.3, 0.4) is 0 Å². The molecule has 0 radical (unpaired) electrons. The van der Waals surface area contributed by atoms with Crippen molar-refractivity contribution in [1.29, 1.82) is 0 Å². The van der Waals surface area contributed by atoms with Gasteiger partial charge in [-0.05, 0) is 0 Å². The topological polar surface area (TPSA) is 123 Å². The second-order valence-electron chi connectivity index (χ2n) is 3.60. The zero-order valence-corrected chi connectivity index (χ0v) is 9.71. The first-order valence-electron chi connectivity index (χ1n) is 4.91. The Bertz CT molecular complexity index is 523. The van der Waals surface area contributed by atoms with Gasteiger partial charge in [-0.3, -0.25) is 10.1 Å². The first-order chi connectivity index (χ1) is 8.73. The summed E-state index contributed by atoms with van der Waals surface area (Å²) in [5.41, 5.74) is 4.05. The van der Waals surface area contributed by atoms with E-state index in [0.717, 1.165) is 4.90 Å². The number of aromatic carboxylic acids is 1. The first-order valence-corrected chi connectivity index (χ1v) is 4.91. The van der Waals surface area contributed by atoms with Crippen molar-refractivity contribution in [2.45, 2.75) is 6.43 Å². The van der Waals surface area contributed by atoms with E-state index in [0.29, 0.717) is 6.07 Å². The maximum atomic E-state index is 12.3. The van der Waals surface area contributed by atoms with Gasteiger partial charge in [0.25, 0.3) is 6.43 Å². The van der Waals surface area contributed by atoms with Gasteiger partial charge in [0.15, 0.2) is 0 Å². The molecule has 3 N–H and O–H groups in total. The number of hydrogen-bond donors (Lipinski definition) is 2. The standard InChI is InChI=1S/C9H10F2N4O4/c1-14(3-6(10)11)8-4(9(16)17)2-5(15(18)19)7(12)13-8/h2,6H,3H2,1H3,(H2,12,13)(H,16,17). The molecule has 1 aromatic rings. The van der Waals surface area contributed by atoms with Gasteiger partial charge in [0.05, 0.1) is 11.5 Å². The summed E-state index contributed by atoms with van der Waals surface area (Å²) >= 11 is 0. The zero-order chi connectivity index (χ0) is 14.7. The van der Waals surface area contributed by atoms with Gasteiger partial charge < -0.3 is 15.7 Å². The average Bonchev–Trinajstić information content (AvgIpc) is 2.26. The van der Waals surface area contributed by atoms with Crippen LogP contribution >= 0.6 is 0 Å². The van der Waals surface area contributed by atoms with Crippen molar-refractivity contribution in [2.24, 2.45) is 0 Å². The molecule has 0 saturated carbocycles. The lowest BCUT2D eigenvalue weighted by molar-refractivity contribution is -0.384. The summed E-state index contributed by atoms with van der Waals surface area (Å²) in [4.78, 5) is 25.1. The molecule has 0 fully saturated rings. The second kappa shape index (κ2) is 5.42. The quantitative estimate of drug-likeness (QED) is 0.606. The molecule has 1 heterocycles. The Morgan fingerprint density at radius 1 is 1.68 bits per heavy atom. The smallest absolute Gasteiger partial charge is 0.339 e. The minimum atomic E-state index is -2.72. The van der Waals surface area contributed by atoms with Crippen LogP contribution in [0.4, 0.5) is 26.1 Å². The number of aromatic nitrogens is 1. The van der Waals surface area contributed by atoms with Crippen LogP contribution in [-0.2, 0) is 0 Å². The summed E-state index contributed by atoms with van der Waals surface area (Å²) in [5.74, 6) is -2.41. The number of carbonyl (C=O) groups is 1. The van der Waals surface area contributed by atoms with E-state index in [1.54, 1.807) is 0 Å². The van der Waals surface area contributed by atoms with Crippen LogP contribution in [0.25, 0.3) is 0 Å². The summed E-state index contributed by atoms with van der Waals surface area (Å²) in [7, 11) is 1.19. The minimum absolute atomic E-state index is 0.351. The lowest BCUT2D eigenvalue weighted by atomic mass is 10.2. The maximum Gasteiger partial charge on any atom is 0.339 e. The molecule has 0 aliphatic heterocycles. The van der Waals surface area contributed by atoms with E-state index in [2.05, 4.69) is 4.98 Å². The van der Waals surface area contributed by atoms with Gasteiger partial charge in [-0.2, -0.15) is 0 Å². The van der Waals surface area contributed by atoms with Crippen molar-refractivity contribution in [1.82, 2.24) is 4.98 Å². The van der Waals surface area contributed by atoms with Crippen LogP contribution in [0.2, 0.25) is 0 Å². The third kappa shape index (κ3) is 3.24. The number of carboxylic acids is 1. The van der Waals surface area contributed by atoms with Crippen LogP contribution in [0.15, 0.2) is 6.07 Å². The highest BCUT2D eigenvalue weighted by Crippen LogP contribution is 2.27. The highest BCUT2D eigenvalue weighted by Gasteiger charge is 2.24. The Hall–Kier alpha value is -2.52. The Labute approximate surface area is 105 Å². The molecule has 1 aromatic heterocycles. The van der Waals surface area contributed by atoms with Gasteiger partial charge >= 0.3 is 11.7 Å². The molecule has 0 saturated heterocycles. The van der Waals surface area contributed by atoms with E-state index in [9.17, 15) is 23.7 Å². The number of nitrogen functional groups attached to an aromatic ring is 1. The molecule has 104 valence electrons. The first kappa shape index (κ1) is 14.5. The molecular formula is C9H10F2N4O4.